The van der Waals surface area contributed by atoms with Gasteiger partial charge in [0.1, 0.15) is 0 Å². The van der Waals surface area contributed by atoms with Crippen molar-refractivity contribution in [3.05, 3.63) is 81.8 Å². The average molecular weight is 398 g/mol. The summed E-state index contributed by atoms with van der Waals surface area (Å²) in [5.41, 5.74) is 4.71. The van der Waals surface area contributed by atoms with Crippen molar-refractivity contribution in [3.8, 4) is 5.69 Å². The average Bonchev–Trinajstić information content (AvgIpc) is 2.91. The highest BCUT2D eigenvalue weighted by Crippen LogP contribution is 2.23. The van der Waals surface area contributed by atoms with Crippen molar-refractivity contribution < 1.29 is 4.79 Å². The number of aromatic nitrogens is 2. The number of amides is 1. The first kappa shape index (κ1) is 17.4. The topological polar surface area (TPSA) is 38.1 Å². The molecule has 25 heavy (non-hydrogen) atoms. The quantitative estimate of drug-likeness (QED) is 0.648. The summed E-state index contributed by atoms with van der Waals surface area (Å²) in [6, 6.07) is 13.8. The van der Waals surface area contributed by atoms with Crippen LogP contribution in [-0.2, 0) is 6.54 Å². The van der Waals surface area contributed by atoms with Crippen LogP contribution in [-0.4, -0.2) is 27.4 Å². The van der Waals surface area contributed by atoms with E-state index in [0.717, 1.165) is 32.7 Å². The number of carbonyl (C=O) groups is 1. The second-order valence-electron chi connectivity index (χ2n) is 6.08. The molecule has 0 N–H and O–H groups in total. The Kier molecular flexibility index (Phi) is 5.04. The molecule has 2 heterocycles. The molecule has 3 aromatic rings. The molecule has 4 nitrogen and oxygen atoms in total. The first-order valence-corrected chi connectivity index (χ1v) is 8.86. The second-order valence-corrected chi connectivity index (χ2v) is 6.94. The second kappa shape index (κ2) is 7.23. The summed E-state index contributed by atoms with van der Waals surface area (Å²) < 4.78 is 3.07. The van der Waals surface area contributed by atoms with Gasteiger partial charge in [0.05, 0.1) is 17.4 Å². The van der Waals surface area contributed by atoms with E-state index in [1.807, 2.05) is 63.4 Å². The third-order valence-electron chi connectivity index (χ3n) is 4.28. The third kappa shape index (κ3) is 3.51. The molecule has 0 aliphatic heterocycles. The van der Waals surface area contributed by atoms with Crippen LogP contribution in [0, 0.1) is 13.8 Å². The minimum atomic E-state index is 0.0130. The fraction of sp³-hybridized carbons (Fsp3) is 0.200. The van der Waals surface area contributed by atoms with E-state index in [4.69, 9.17) is 0 Å². The van der Waals surface area contributed by atoms with Gasteiger partial charge >= 0.3 is 0 Å². The number of carbonyl (C=O) groups excluding carboxylic acids is 1. The number of rotatable bonds is 4. The SMILES string of the molecule is Cc1cc(C(=O)N(C)Cc2ccccc2Br)c(C)n1-c1cccnc1. The van der Waals surface area contributed by atoms with Crippen molar-refractivity contribution in [1.29, 1.82) is 0 Å². The first-order chi connectivity index (χ1) is 12.0. The Bertz CT molecular complexity index is 903. The van der Waals surface area contributed by atoms with Crippen molar-refractivity contribution in [3.63, 3.8) is 0 Å². The van der Waals surface area contributed by atoms with Crippen molar-refractivity contribution in [2.75, 3.05) is 7.05 Å². The molecule has 0 saturated heterocycles. The van der Waals surface area contributed by atoms with Crippen LogP contribution in [0.5, 0.6) is 0 Å². The van der Waals surface area contributed by atoms with Crippen LogP contribution >= 0.6 is 15.9 Å². The van der Waals surface area contributed by atoms with Gasteiger partial charge in [0.25, 0.3) is 5.91 Å². The first-order valence-electron chi connectivity index (χ1n) is 8.07. The maximum atomic E-state index is 13.0. The largest absolute Gasteiger partial charge is 0.337 e. The molecule has 3 rings (SSSR count). The van der Waals surface area contributed by atoms with Crippen LogP contribution in [0.15, 0.2) is 59.3 Å². The molecule has 0 spiro atoms. The normalized spacial score (nSPS) is 10.7. The zero-order valence-corrected chi connectivity index (χ0v) is 16.1. The van der Waals surface area contributed by atoms with Crippen LogP contribution in [0.1, 0.15) is 27.3 Å². The Hall–Kier alpha value is -2.40. The summed E-state index contributed by atoms with van der Waals surface area (Å²) >= 11 is 3.54. The summed E-state index contributed by atoms with van der Waals surface area (Å²) in [4.78, 5) is 18.9. The number of aryl methyl sites for hydroxylation is 1. The maximum absolute atomic E-state index is 13.0. The van der Waals surface area contributed by atoms with Gasteiger partial charge in [0, 0.05) is 35.6 Å². The number of benzene rings is 1. The van der Waals surface area contributed by atoms with Crippen LogP contribution in [0.25, 0.3) is 5.69 Å². The summed E-state index contributed by atoms with van der Waals surface area (Å²) in [6.07, 6.45) is 3.55. The van der Waals surface area contributed by atoms with Gasteiger partial charge in [-0.15, -0.1) is 0 Å². The lowest BCUT2D eigenvalue weighted by atomic mass is 10.2. The van der Waals surface area contributed by atoms with Gasteiger partial charge in [-0.25, -0.2) is 0 Å². The lowest BCUT2D eigenvalue weighted by Crippen LogP contribution is -2.26. The van der Waals surface area contributed by atoms with E-state index in [-0.39, 0.29) is 5.91 Å². The van der Waals surface area contributed by atoms with Gasteiger partial charge in [-0.3, -0.25) is 9.78 Å². The molecule has 0 unspecified atom stereocenters. The zero-order valence-electron chi connectivity index (χ0n) is 14.5. The molecule has 0 fully saturated rings. The molecule has 0 radical (unpaired) electrons. The summed E-state index contributed by atoms with van der Waals surface area (Å²) in [5.74, 6) is 0.0130. The third-order valence-corrected chi connectivity index (χ3v) is 5.05. The minimum absolute atomic E-state index is 0.0130. The van der Waals surface area contributed by atoms with Gasteiger partial charge in [-0.1, -0.05) is 34.1 Å². The Labute approximate surface area is 156 Å². The van der Waals surface area contributed by atoms with Gasteiger partial charge in [-0.05, 0) is 43.7 Å². The lowest BCUT2D eigenvalue weighted by Gasteiger charge is -2.18. The Morgan fingerprint density at radius 1 is 1.20 bits per heavy atom. The van der Waals surface area contributed by atoms with Gasteiger partial charge < -0.3 is 9.47 Å². The van der Waals surface area contributed by atoms with Crippen molar-refractivity contribution in [1.82, 2.24) is 14.5 Å². The highest BCUT2D eigenvalue weighted by atomic mass is 79.9. The molecule has 1 aromatic carbocycles. The van der Waals surface area contributed by atoms with Gasteiger partial charge in [0.2, 0.25) is 0 Å². The van der Waals surface area contributed by atoms with Gasteiger partial charge in [-0.2, -0.15) is 0 Å². The Balaban J connectivity index is 1.89. The number of halogens is 1. The van der Waals surface area contributed by atoms with E-state index in [1.54, 1.807) is 17.3 Å². The summed E-state index contributed by atoms with van der Waals surface area (Å²) in [6.45, 7) is 4.53. The van der Waals surface area contributed by atoms with Crippen molar-refractivity contribution >= 4 is 21.8 Å². The van der Waals surface area contributed by atoms with Crippen molar-refractivity contribution in [2.45, 2.75) is 20.4 Å². The molecular weight excluding hydrogens is 378 g/mol. The van der Waals surface area contributed by atoms with Gasteiger partial charge in [0.15, 0.2) is 0 Å². The standard InChI is InChI=1S/C20H20BrN3O/c1-14-11-18(15(2)24(14)17-8-6-10-22-12-17)20(25)23(3)13-16-7-4-5-9-19(16)21/h4-12H,13H2,1-3H3. The molecule has 128 valence electrons. The fourth-order valence-corrected chi connectivity index (χ4v) is 3.43. The van der Waals surface area contributed by atoms with Crippen LogP contribution < -0.4 is 0 Å². The molecule has 0 bridgehead atoms. The molecule has 5 heteroatoms. The molecule has 0 aliphatic rings. The number of nitrogens with zero attached hydrogens (tertiary/aromatic N) is 3. The predicted molar refractivity (Wildman–Crippen MR) is 103 cm³/mol. The lowest BCUT2D eigenvalue weighted by molar-refractivity contribution is 0.0784. The van der Waals surface area contributed by atoms with E-state index >= 15 is 0 Å². The summed E-state index contributed by atoms with van der Waals surface area (Å²) in [7, 11) is 1.83. The predicted octanol–water partition coefficient (Wildman–Crippen LogP) is 4.52. The minimum Gasteiger partial charge on any atom is -0.337 e. The highest BCUT2D eigenvalue weighted by Gasteiger charge is 2.20. The molecular formula is C20H20BrN3O. The van der Waals surface area contributed by atoms with E-state index in [2.05, 4.69) is 25.5 Å². The summed E-state index contributed by atoms with van der Waals surface area (Å²) in [5, 5.41) is 0. The van der Waals surface area contributed by atoms with E-state index < -0.39 is 0 Å². The van der Waals surface area contributed by atoms with E-state index in [1.165, 1.54) is 0 Å². The molecule has 2 aromatic heterocycles. The van der Waals surface area contributed by atoms with E-state index in [0.29, 0.717) is 6.54 Å². The van der Waals surface area contributed by atoms with Crippen molar-refractivity contribution in [2.24, 2.45) is 0 Å². The highest BCUT2D eigenvalue weighted by molar-refractivity contribution is 9.10. The zero-order chi connectivity index (χ0) is 18.0. The molecule has 0 atom stereocenters. The number of hydrogen-bond acceptors (Lipinski definition) is 2. The van der Waals surface area contributed by atoms with Crippen LogP contribution in [0.4, 0.5) is 0 Å². The Morgan fingerprint density at radius 3 is 2.64 bits per heavy atom. The monoisotopic (exact) mass is 397 g/mol. The Morgan fingerprint density at radius 2 is 1.96 bits per heavy atom. The molecule has 0 aliphatic carbocycles. The number of hydrogen-bond donors (Lipinski definition) is 0. The van der Waals surface area contributed by atoms with E-state index in [9.17, 15) is 4.79 Å². The molecule has 0 saturated carbocycles. The smallest absolute Gasteiger partial charge is 0.255 e. The maximum Gasteiger partial charge on any atom is 0.255 e. The van der Waals surface area contributed by atoms with Crippen LogP contribution in [0.2, 0.25) is 0 Å². The number of pyridine rings is 1. The fourth-order valence-electron chi connectivity index (χ4n) is 3.02. The van der Waals surface area contributed by atoms with Crippen LogP contribution in [0.3, 0.4) is 0 Å². The molecule has 1 amide bonds.